The molecule has 2 rings (SSSR count). The number of carbonyl (C=O) groups is 1. The van der Waals surface area contributed by atoms with Gasteiger partial charge >= 0.3 is 12.2 Å². The van der Waals surface area contributed by atoms with E-state index in [-0.39, 0.29) is 24.6 Å². The lowest BCUT2D eigenvalue weighted by Gasteiger charge is -2.13. The molecule has 1 aromatic carbocycles. The van der Waals surface area contributed by atoms with E-state index in [1.54, 1.807) is 18.2 Å². The van der Waals surface area contributed by atoms with Gasteiger partial charge in [-0.15, -0.1) is 0 Å². The van der Waals surface area contributed by atoms with Gasteiger partial charge in [0.1, 0.15) is 0 Å². The van der Waals surface area contributed by atoms with Crippen molar-refractivity contribution in [1.82, 2.24) is 20.2 Å². The highest BCUT2D eigenvalue weighted by Gasteiger charge is 2.37. The van der Waals surface area contributed by atoms with Crippen LogP contribution < -0.4 is 10.6 Å². The van der Waals surface area contributed by atoms with Crippen molar-refractivity contribution in [3.63, 3.8) is 0 Å². The van der Waals surface area contributed by atoms with E-state index in [0.717, 1.165) is 11.0 Å². The number of benzene rings is 1. The summed E-state index contributed by atoms with van der Waals surface area (Å²) in [7, 11) is 0. The van der Waals surface area contributed by atoms with Crippen LogP contribution in [0.15, 0.2) is 24.3 Å². The number of fused-ring (bicyclic) bond motifs is 1. The van der Waals surface area contributed by atoms with Gasteiger partial charge in [-0.3, -0.25) is 0 Å². The van der Waals surface area contributed by atoms with Gasteiger partial charge in [-0.05, 0) is 24.5 Å². The Morgan fingerprint density at radius 1 is 1.21 bits per heavy atom. The molecule has 0 saturated carbocycles. The number of hydrogen-bond donors (Lipinski definition) is 2. The molecule has 0 radical (unpaired) electrons. The first kappa shape index (κ1) is 18.1. The van der Waals surface area contributed by atoms with E-state index in [4.69, 9.17) is 0 Å². The number of carbonyl (C=O) groups excluding carboxylic acids is 1. The highest BCUT2D eigenvalue weighted by atomic mass is 19.4. The van der Waals surface area contributed by atoms with Gasteiger partial charge in [0.15, 0.2) is 0 Å². The molecule has 0 fully saturated rings. The van der Waals surface area contributed by atoms with Gasteiger partial charge in [0.25, 0.3) is 0 Å². The molecule has 1 aromatic heterocycles. The molecule has 0 saturated heterocycles. The molecule has 24 heavy (non-hydrogen) atoms. The number of amides is 2. The van der Waals surface area contributed by atoms with Crippen LogP contribution in [0.25, 0.3) is 11.0 Å². The number of nitrogens with zero attached hydrogens (tertiary/aromatic N) is 2. The number of rotatable bonds is 6. The van der Waals surface area contributed by atoms with E-state index in [0.29, 0.717) is 18.0 Å². The van der Waals surface area contributed by atoms with Crippen LogP contribution in [0.5, 0.6) is 0 Å². The second kappa shape index (κ2) is 7.55. The third kappa shape index (κ3) is 4.62. The minimum absolute atomic E-state index is 0.00699. The topological polar surface area (TPSA) is 59.0 Å². The number of para-hydroxylation sites is 2. The normalized spacial score (nSPS) is 11.9. The van der Waals surface area contributed by atoms with E-state index in [1.807, 2.05) is 13.8 Å². The zero-order valence-corrected chi connectivity index (χ0v) is 13.7. The Bertz CT molecular complexity index is 694. The van der Waals surface area contributed by atoms with Crippen molar-refractivity contribution in [3.05, 3.63) is 30.1 Å². The van der Waals surface area contributed by atoms with Crippen molar-refractivity contribution >= 4 is 17.1 Å². The van der Waals surface area contributed by atoms with Crippen molar-refractivity contribution in [2.24, 2.45) is 5.92 Å². The Morgan fingerprint density at radius 2 is 1.88 bits per heavy atom. The molecule has 0 unspecified atom stereocenters. The fraction of sp³-hybridized carbons (Fsp3) is 0.500. The van der Waals surface area contributed by atoms with Crippen molar-refractivity contribution in [1.29, 1.82) is 0 Å². The quantitative estimate of drug-likeness (QED) is 0.845. The zero-order chi connectivity index (χ0) is 17.7. The number of nitrogens with one attached hydrogen (secondary N) is 2. The van der Waals surface area contributed by atoms with Crippen LogP contribution in [0.1, 0.15) is 26.1 Å². The van der Waals surface area contributed by atoms with Crippen LogP contribution >= 0.6 is 0 Å². The monoisotopic (exact) mass is 342 g/mol. The molecule has 0 atom stereocenters. The first-order valence-corrected chi connectivity index (χ1v) is 7.83. The summed E-state index contributed by atoms with van der Waals surface area (Å²) >= 11 is 0. The van der Waals surface area contributed by atoms with Crippen LogP contribution in [0.4, 0.5) is 18.0 Å². The molecule has 8 heteroatoms. The molecule has 1 heterocycles. The summed E-state index contributed by atoms with van der Waals surface area (Å²) < 4.78 is 40.5. The summed E-state index contributed by atoms with van der Waals surface area (Å²) in [6.45, 7) is 4.69. The molecule has 2 N–H and O–H groups in total. The lowest BCUT2D eigenvalue weighted by Crippen LogP contribution is -2.38. The molecule has 0 aliphatic heterocycles. The Kier molecular flexibility index (Phi) is 5.69. The summed E-state index contributed by atoms with van der Waals surface area (Å²) in [5.74, 6) is -0.484. The first-order chi connectivity index (χ1) is 11.3. The van der Waals surface area contributed by atoms with Gasteiger partial charge in [0, 0.05) is 19.6 Å². The summed E-state index contributed by atoms with van der Waals surface area (Å²) in [6.07, 6.45) is -3.70. The van der Waals surface area contributed by atoms with Gasteiger partial charge in [0.05, 0.1) is 11.0 Å². The Morgan fingerprint density at radius 3 is 2.54 bits per heavy atom. The summed E-state index contributed by atoms with van der Waals surface area (Å²) in [4.78, 5) is 15.3. The minimum atomic E-state index is -4.54. The molecule has 0 aliphatic carbocycles. The summed E-state index contributed by atoms with van der Waals surface area (Å²) in [5.41, 5.74) is 0.679. The van der Waals surface area contributed by atoms with Crippen molar-refractivity contribution in [3.8, 4) is 0 Å². The second-order valence-corrected chi connectivity index (χ2v) is 5.94. The van der Waals surface area contributed by atoms with Gasteiger partial charge in [-0.2, -0.15) is 13.2 Å². The molecule has 132 valence electrons. The molecule has 2 aromatic rings. The molecule has 0 spiro atoms. The van der Waals surface area contributed by atoms with E-state index in [2.05, 4.69) is 15.6 Å². The molecule has 0 aliphatic rings. The van der Waals surface area contributed by atoms with Crippen molar-refractivity contribution in [2.45, 2.75) is 33.0 Å². The van der Waals surface area contributed by atoms with E-state index in [1.165, 1.54) is 6.07 Å². The predicted octanol–water partition coefficient (Wildman–Crippen LogP) is 3.40. The van der Waals surface area contributed by atoms with Gasteiger partial charge < -0.3 is 15.2 Å². The van der Waals surface area contributed by atoms with E-state index < -0.39 is 12.0 Å². The highest BCUT2D eigenvalue weighted by Crippen LogP contribution is 2.31. The Hall–Kier alpha value is -2.25. The van der Waals surface area contributed by atoms with Crippen LogP contribution in [-0.4, -0.2) is 28.7 Å². The van der Waals surface area contributed by atoms with Gasteiger partial charge in [-0.1, -0.05) is 26.0 Å². The van der Waals surface area contributed by atoms with Gasteiger partial charge in [0.2, 0.25) is 5.82 Å². The van der Waals surface area contributed by atoms with Gasteiger partial charge in [-0.25, -0.2) is 9.78 Å². The Labute approximate surface area is 138 Å². The largest absolute Gasteiger partial charge is 0.449 e. The average molecular weight is 342 g/mol. The summed E-state index contributed by atoms with van der Waals surface area (Å²) in [5, 5.41) is 5.25. The predicted molar refractivity (Wildman–Crippen MR) is 85.6 cm³/mol. The number of halogens is 3. The molecule has 5 nitrogen and oxygen atoms in total. The van der Waals surface area contributed by atoms with E-state index in [9.17, 15) is 18.0 Å². The van der Waals surface area contributed by atoms with Crippen molar-refractivity contribution in [2.75, 3.05) is 13.1 Å². The van der Waals surface area contributed by atoms with Crippen molar-refractivity contribution < 1.29 is 18.0 Å². The lowest BCUT2D eigenvalue weighted by atomic mass is 10.1. The number of hydrogen-bond acceptors (Lipinski definition) is 2. The summed E-state index contributed by atoms with van der Waals surface area (Å²) in [6, 6.07) is 6.04. The zero-order valence-electron chi connectivity index (χ0n) is 13.7. The highest BCUT2D eigenvalue weighted by molar-refractivity contribution is 5.76. The SMILES string of the molecule is CC(C)CCNC(=O)NCCn1c(C(F)(F)F)nc2ccccc21. The fourth-order valence-electron chi connectivity index (χ4n) is 2.34. The number of urea groups is 1. The second-order valence-electron chi connectivity index (χ2n) is 5.94. The maximum Gasteiger partial charge on any atom is 0.449 e. The molecule has 0 bridgehead atoms. The first-order valence-electron chi connectivity index (χ1n) is 7.83. The maximum absolute atomic E-state index is 13.1. The van der Waals surface area contributed by atoms with Crippen LogP contribution in [0.3, 0.4) is 0 Å². The third-order valence-electron chi connectivity index (χ3n) is 3.54. The maximum atomic E-state index is 13.1. The van der Waals surface area contributed by atoms with Crippen LogP contribution in [0, 0.1) is 5.92 Å². The fourth-order valence-corrected chi connectivity index (χ4v) is 2.34. The third-order valence-corrected chi connectivity index (χ3v) is 3.54. The number of aromatic nitrogens is 2. The molecular formula is C16H21F3N4O. The number of alkyl halides is 3. The number of imidazole rings is 1. The Balaban J connectivity index is 2.00. The van der Waals surface area contributed by atoms with Crippen LogP contribution in [0.2, 0.25) is 0 Å². The average Bonchev–Trinajstić information content (AvgIpc) is 2.86. The lowest BCUT2D eigenvalue weighted by molar-refractivity contribution is -0.146. The standard InChI is InChI=1S/C16H21F3N4O/c1-11(2)7-8-20-15(24)21-9-10-23-13-6-4-3-5-12(13)22-14(23)16(17,18)19/h3-6,11H,7-10H2,1-2H3,(H2,20,21,24). The van der Waals surface area contributed by atoms with E-state index >= 15 is 0 Å². The van der Waals surface area contributed by atoms with Crippen LogP contribution in [-0.2, 0) is 12.7 Å². The minimum Gasteiger partial charge on any atom is -0.338 e. The molecular weight excluding hydrogens is 321 g/mol. The smallest absolute Gasteiger partial charge is 0.338 e. The molecule has 2 amide bonds.